The van der Waals surface area contributed by atoms with E-state index in [9.17, 15) is 0 Å². The van der Waals surface area contributed by atoms with Crippen LogP contribution in [0.4, 0.5) is 0 Å². The second kappa shape index (κ2) is 7.37. The van der Waals surface area contributed by atoms with Crippen molar-refractivity contribution < 1.29 is 0 Å². The summed E-state index contributed by atoms with van der Waals surface area (Å²) in [6.07, 6.45) is 10.4. The molecule has 2 saturated heterocycles. The Morgan fingerprint density at radius 3 is 1.96 bits per heavy atom. The van der Waals surface area contributed by atoms with Crippen LogP contribution in [-0.2, 0) is 0 Å². The third-order valence-electron chi connectivity index (χ3n) is 8.09. The van der Waals surface area contributed by atoms with Gasteiger partial charge in [-0.3, -0.25) is 9.80 Å². The molecule has 0 unspecified atom stereocenters. The summed E-state index contributed by atoms with van der Waals surface area (Å²) in [6, 6.07) is 1.61. The molecule has 0 radical (unpaired) electrons. The maximum Gasteiger partial charge on any atom is 0.0113 e. The molecule has 3 nitrogen and oxygen atoms in total. The molecule has 0 atom stereocenters. The van der Waals surface area contributed by atoms with Gasteiger partial charge in [-0.15, -0.1) is 0 Å². The Morgan fingerprint density at radius 1 is 0.846 bits per heavy atom. The van der Waals surface area contributed by atoms with Gasteiger partial charge < -0.3 is 4.90 Å². The van der Waals surface area contributed by atoms with Crippen LogP contribution in [0, 0.1) is 16.7 Å². The van der Waals surface area contributed by atoms with Crippen molar-refractivity contribution in [3.8, 4) is 0 Å². The first-order valence-corrected chi connectivity index (χ1v) is 11.6. The SMILES string of the molecule is CC(C)CC1(CN2CC3(CCC(N4CCN(C(C)C)CC4)CC3)C2)CC1. The van der Waals surface area contributed by atoms with E-state index in [0.717, 1.165) is 23.4 Å². The minimum absolute atomic E-state index is 0.712. The molecular weight excluding hydrogens is 318 g/mol. The molecule has 2 aliphatic carbocycles. The van der Waals surface area contributed by atoms with Crippen LogP contribution in [0.25, 0.3) is 0 Å². The third-order valence-corrected chi connectivity index (χ3v) is 8.09. The summed E-state index contributed by atoms with van der Waals surface area (Å²) in [5, 5.41) is 0. The summed E-state index contributed by atoms with van der Waals surface area (Å²) in [5.74, 6) is 0.874. The second-order valence-corrected chi connectivity index (χ2v) is 11.1. The molecule has 1 spiro atoms. The van der Waals surface area contributed by atoms with Crippen LogP contribution in [0.1, 0.15) is 72.6 Å². The highest BCUT2D eigenvalue weighted by Gasteiger charge is 2.51. The van der Waals surface area contributed by atoms with Crippen molar-refractivity contribution in [1.29, 1.82) is 0 Å². The summed E-state index contributed by atoms with van der Waals surface area (Å²) in [7, 11) is 0. The fourth-order valence-corrected chi connectivity index (χ4v) is 6.47. The predicted molar refractivity (Wildman–Crippen MR) is 111 cm³/mol. The van der Waals surface area contributed by atoms with E-state index in [0.29, 0.717) is 5.41 Å². The van der Waals surface area contributed by atoms with Gasteiger partial charge in [-0.2, -0.15) is 0 Å². The van der Waals surface area contributed by atoms with Gasteiger partial charge in [-0.05, 0) is 75.5 Å². The first-order valence-electron chi connectivity index (χ1n) is 11.6. The van der Waals surface area contributed by atoms with Gasteiger partial charge >= 0.3 is 0 Å². The molecule has 0 aromatic heterocycles. The van der Waals surface area contributed by atoms with Gasteiger partial charge in [0, 0.05) is 57.9 Å². The molecule has 2 heterocycles. The average Bonchev–Trinajstić information content (AvgIpc) is 3.32. The normalized spacial score (nSPS) is 30.2. The first kappa shape index (κ1) is 19.2. The number of hydrogen-bond acceptors (Lipinski definition) is 3. The van der Waals surface area contributed by atoms with Crippen molar-refractivity contribution >= 4 is 0 Å². The van der Waals surface area contributed by atoms with Crippen LogP contribution in [-0.4, -0.2) is 72.6 Å². The molecular formula is C23H43N3. The lowest BCUT2D eigenvalue weighted by Crippen LogP contribution is -2.60. The zero-order valence-electron chi connectivity index (χ0n) is 18.0. The topological polar surface area (TPSA) is 9.72 Å². The molecule has 4 aliphatic rings. The van der Waals surface area contributed by atoms with Crippen molar-refractivity contribution in [2.24, 2.45) is 16.7 Å². The van der Waals surface area contributed by atoms with Crippen molar-refractivity contribution in [3.63, 3.8) is 0 Å². The molecule has 3 heteroatoms. The molecule has 0 bridgehead atoms. The lowest BCUT2D eigenvalue weighted by Gasteiger charge is -2.56. The van der Waals surface area contributed by atoms with Gasteiger partial charge in [0.15, 0.2) is 0 Å². The van der Waals surface area contributed by atoms with E-state index in [1.807, 2.05) is 0 Å². The summed E-state index contributed by atoms with van der Waals surface area (Å²) in [6.45, 7) is 18.9. The Labute approximate surface area is 162 Å². The van der Waals surface area contributed by atoms with Crippen LogP contribution < -0.4 is 0 Å². The van der Waals surface area contributed by atoms with Crippen LogP contribution in [0.5, 0.6) is 0 Å². The molecule has 0 N–H and O–H groups in total. The Morgan fingerprint density at radius 2 is 1.46 bits per heavy atom. The Balaban J connectivity index is 1.18. The summed E-state index contributed by atoms with van der Waals surface area (Å²) < 4.78 is 0. The fourth-order valence-electron chi connectivity index (χ4n) is 6.47. The van der Waals surface area contributed by atoms with Crippen molar-refractivity contribution in [3.05, 3.63) is 0 Å². The molecule has 0 aromatic carbocycles. The molecule has 2 aliphatic heterocycles. The number of nitrogens with zero attached hydrogens (tertiary/aromatic N) is 3. The molecule has 0 amide bonds. The smallest absolute Gasteiger partial charge is 0.0113 e. The van der Waals surface area contributed by atoms with Crippen molar-refractivity contribution in [1.82, 2.24) is 14.7 Å². The maximum absolute atomic E-state index is 2.82. The number of piperazine rings is 1. The Hall–Kier alpha value is -0.120. The average molecular weight is 362 g/mol. The highest BCUT2D eigenvalue weighted by molar-refractivity contribution is 5.04. The van der Waals surface area contributed by atoms with E-state index < -0.39 is 0 Å². The first-order chi connectivity index (χ1) is 12.4. The van der Waals surface area contributed by atoms with Crippen LogP contribution in [0.15, 0.2) is 0 Å². The number of likely N-dealkylation sites (tertiary alicyclic amines) is 1. The minimum Gasteiger partial charge on any atom is -0.302 e. The summed E-state index contributed by atoms with van der Waals surface area (Å²) in [4.78, 5) is 8.29. The van der Waals surface area contributed by atoms with E-state index in [1.54, 1.807) is 0 Å². The number of hydrogen-bond donors (Lipinski definition) is 0. The van der Waals surface area contributed by atoms with Crippen LogP contribution >= 0.6 is 0 Å². The molecule has 0 aromatic rings. The van der Waals surface area contributed by atoms with Gasteiger partial charge in [0.05, 0.1) is 0 Å². The summed E-state index contributed by atoms with van der Waals surface area (Å²) >= 11 is 0. The van der Waals surface area contributed by atoms with Gasteiger partial charge in [0.2, 0.25) is 0 Å². The monoisotopic (exact) mass is 361 g/mol. The van der Waals surface area contributed by atoms with E-state index in [2.05, 4.69) is 42.4 Å². The second-order valence-electron chi connectivity index (χ2n) is 11.1. The zero-order chi connectivity index (χ0) is 18.4. The minimum atomic E-state index is 0.712. The van der Waals surface area contributed by atoms with Crippen LogP contribution in [0.2, 0.25) is 0 Å². The van der Waals surface area contributed by atoms with E-state index in [4.69, 9.17) is 0 Å². The molecule has 4 rings (SSSR count). The van der Waals surface area contributed by atoms with E-state index in [1.165, 1.54) is 90.8 Å². The highest BCUT2D eigenvalue weighted by atomic mass is 15.3. The van der Waals surface area contributed by atoms with Crippen LogP contribution in [0.3, 0.4) is 0 Å². The van der Waals surface area contributed by atoms with Gasteiger partial charge in [0.25, 0.3) is 0 Å². The van der Waals surface area contributed by atoms with E-state index >= 15 is 0 Å². The lowest BCUT2D eigenvalue weighted by atomic mass is 9.67. The Kier molecular flexibility index (Phi) is 5.44. The Bertz CT molecular complexity index is 458. The quantitative estimate of drug-likeness (QED) is 0.706. The molecule has 4 fully saturated rings. The molecule has 2 saturated carbocycles. The standard InChI is InChI=1S/C23H43N3/c1-19(2)15-22(9-10-22)16-24-17-23(18-24)7-5-21(6-8-23)26-13-11-25(12-14-26)20(3)4/h19-21H,5-18H2,1-4H3. The van der Waals surface area contributed by atoms with Gasteiger partial charge in [-0.1, -0.05) is 13.8 Å². The van der Waals surface area contributed by atoms with Crippen molar-refractivity contribution in [2.45, 2.75) is 84.7 Å². The third kappa shape index (κ3) is 4.15. The zero-order valence-corrected chi connectivity index (χ0v) is 18.0. The molecule has 150 valence electrons. The van der Waals surface area contributed by atoms with E-state index in [-0.39, 0.29) is 0 Å². The number of rotatable bonds is 6. The summed E-state index contributed by atoms with van der Waals surface area (Å²) in [5.41, 5.74) is 1.44. The maximum atomic E-state index is 2.82. The predicted octanol–water partition coefficient (Wildman–Crippen LogP) is 4.08. The highest BCUT2D eigenvalue weighted by Crippen LogP contribution is 2.54. The largest absolute Gasteiger partial charge is 0.302 e. The van der Waals surface area contributed by atoms with Crippen molar-refractivity contribution in [2.75, 3.05) is 45.8 Å². The molecule has 26 heavy (non-hydrogen) atoms. The fraction of sp³-hybridized carbons (Fsp3) is 1.00. The van der Waals surface area contributed by atoms with Gasteiger partial charge in [-0.25, -0.2) is 0 Å². The van der Waals surface area contributed by atoms with Gasteiger partial charge in [0.1, 0.15) is 0 Å². The lowest BCUT2D eigenvalue weighted by molar-refractivity contribution is -0.0595.